The van der Waals surface area contributed by atoms with Crippen LogP contribution in [0.15, 0.2) is 53.4 Å². The summed E-state index contributed by atoms with van der Waals surface area (Å²) in [7, 11) is -1.70. The van der Waals surface area contributed by atoms with Crippen molar-refractivity contribution in [2.24, 2.45) is 17.3 Å². The number of aryl methyl sites for hydroxylation is 2. The molecule has 1 saturated heterocycles. The number of hydrogen-bond donors (Lipinski definition) is 1. The summed E-state index contributed by atoms with van der Waals surface area (Å²) in [5.74, 6) is 1.11. The van der Waals surface area contributed by atoms with Crippen LogP contribution in [-0.4, -0.2) is 50.0 Å². The van der Waals surface area contributed by atoms with Gasteiger partial charge in [-0.3, -0.25) is 0 Å². The molecule has 0 amide bonds. The maximum absolute atomic E-state index is 13.7. The highest BCUT2D eigenvalue weighted by atomic mass is 32.2. The van der Waals surface area contributed by atoms with Crippen molar-refractivity contribution in [1.82, 2.24) is 14.9 Å². The first-order valence-electron chi connectivity index (χ1n) is 14.9. The van der Waals surface area contributed by atoms with Gasteiger partial charge in [-0.05, 0) is 99.7 Å². The highest BCUT2D eigenvalue weighted by Gasteiger charge is 2.59. The molecule has 8 heteroatoms. The molecule has 7 nitrogen and oxygen atoms in total. The van der Waals surface area contributed by atoms with Crippen LogP contribution in [0.2, 0.25) is 0 Å². The van der Waals surface area contributed by atoms with Gasteiger partial charge in [0.25, 0.3) is 10.0 Å². The van der Waals surface area contributed by atoms with Crippen LogP contribution in [0.1, 0.15) is 62.6 Å². The SMILES string of the molecule is Cc1cccc(C)c1-c1cc2nc(n1)NS(=O)(=O)c1cccc(c1)C1(CC3(CCCN(C)C3)C1)[C@H](CC(C)C)CO2. The lowest BCUT2D eigenvalue weighted by molar-refractivity contribution is -0.0770. The number of ether oxygens (including phenoxy) is 1. The van der Waals surface area contributed by atoms with E-state index in [0.717, 1.165) is 54.6 Å². The molecule has 2 fully saturated rings. The first-order chi connectivity index (χ1) is 19.5. The summed E-state index contributed by atoms with van der Waals surface area (Å²) in [5.41, 5.74) is 4.96. The molecular formula is C33H42N4O3S. The molecule has 218 valence electrons. The molecule has 0 unspecified atom stereocenters. The van der Waals surface area contributed by atoms with E-state index in [-0.39, 0.29) is 27.6 Å². The number of nitrogens with zero attached hydrogens (tertiary/aromatic N) is 3. The number of likely N-dealkylation sites (tertiary alicyclic amines) is 1. The summed E-state index contributed by atoms with van der Waals surface area (Å²) in [6.45, 7) is 11.4. The summed E-state index contributed by atoms with van der Waals surface area (Å²) < 4.78 is 36.7. The highest BCUT2D eigenvalue weighted by Crippen LogP contribution is 2.63. The van der Waals surface area contributed by atoms with Crippen LogP contribution in [0, 0.1) is 31.1 Å². The lowest BCUT2D eigenvalue weighted by atomic mass is 9.44. The summed E-state index contributed by atoms with van der Waals surface area (Å²) in [4.78, 5) is 11.9. The van der Waals surface area contributed by atoms with E-state index in [2.05, 4.69) is 46.6 Å². The zero-order valence-corrected chi connectivity index (χ0v) is 25.7. The summed E-state index contributed by atoms with van der Waals surface area (Å²) >= 11 is 0. The molecule has 4 bridgehead atoms. The molecule has 3 heterocycles. The fourth-order valence-corrected chi connectivity index (χ4v) is 9.00. The average Bonchev–Trinajstić information content (AvgIpc) is 2.88. The molecular weight excluding hydrogens is 532 g/mol. The fourth-order valence-electron chi connectivity index (χ4n) is 8.01. The van der Waals surface area contributed by atoms with Gasteiger partial charge in [-0.25, -0.2) is 18.1 Å². The molecule has 2 spiro atoms. The molecule has 1 aliphatic carbocycles. The van der Waals surface area contributed by atoms with Gasteiger partial charge in [-0.15, -0.1) is 0 Å². The van der Waals surface area contributed by atoms with Crippen LogP contribution in [0.4, 0.5) is 5.95 Å². The van der Waals surface area contributed by atoms with Crippen molar-refractivity contribution in [3.63, 3.8) is 0 Å². The van der Waals surface area contributed by atoms with Crippen molar-refractivity contribution in [3.8, 4) is 17.1 Å². The van der Waals surface area contributed by atoms with E-state index in [1.807, 2.05) is 50.2 Å². The second-order valence-electron chi connectivity index (χ2n) is 13.3. The van der Waals surface area contributed by atoms with E-state index in [0.29, 0.717) is 24.1 Å². The molecule has 1 atom stereocenters. The zero-order valence-electron chi connectivity index (χ0n) is 24.9. The van der Waals surface area contributed by atoms with Crippen LogP contribution >= 0.6 is 0 Å². The van der Waals surface area contributed by atoms with E-state index in [1.54, 1.807) is 6.07 Å². The number of sulfonamides is 1. The van der Waals surface area contributed by atoms with Gasteiger partial charge in [-0.2, -0.15) is 4.98 Å². The van der Waals surface area contributed by atoms with Crippen LogP contribution in [0.3, 0.4) is 0 Å². The van der Waals surface area contributed by atoms with Gasteiger partial charge in [-0.1, -0.05) is 44.2 Å². The third-order valence-electron chi connectivity index (χ3n) is 9.59. The van der Waals surface area contributed by atoms with Gasteiger partial charge in [0.05, 0.1) is 17.2 Å². The topological polar surface area (TPSA) is 84.4 Å². The Morgan fingerprint density at radius 1 is 1.07 bits per heavy atom. The molecule has 6 rings (SSSR count). The van der Waals surface area contributed by atoms with Crippen molar-refractivity contribution >= 4 is 16.0 Å². The van der Waals surface area contributed by atoms with Gasteiger partial charge in [0, 0.05) is 29.5 Å². The van der Waals surface area contributed by atoms with Gasteiger partial charge in [0.2, 0.25) is 11.8 Å². The van der Waals surface area contributed by atoms with E-state index >= 15 is 0 Å². The van der Waals surface area contributed by atoms with Crippen LogP contribution < -0.4 is 9.46 Å². The van der Waals surface area contributed by atoms with Crippen molar-refractivity contribution in [2.45, 2.75) is 70.1 Å². The molecule has 3 aliphatic rings. The van der Waals surface area contributed by atoms with Crippen LogP contribution in [0.25, 0.3) is 11.3 Å². The van der Waals surface area contributed by atoms with E-state index < -0.39 is 10.0 Å². The average molecular weight is 575 g/mol. The van der Waals surface area contributed by atoms with Crippen molar-refractivity contribution in [3.05, 3.63) is 65.2 Å². The third kappa shape index (κ3) is 5.25. The Morgan fingerprint density at radius 2 is 1.80 bits per heavy atom. The number of anilines is 1. The van der Waals surface area contributed by atoms with Crippen molar-refractivity contribution in [2.75, 3.05) is 31.5 Å². The molecule has 2 aliphatic heterocycles. The molecule has 1 saturated carbocycles. The maximum atomic E-state index is 13.7. The Labute approximate surface area is 244 Å². The van der Waals surface area contributed by atoms with E-state index in [9.17, 15) is 8.42 Å². The quantitative estimate of drug-likeness (QED) is 0.392. The Bertz CT molecular complexity index is 1540. The Hall–Kier alpha value is -2.97. The van der Waals surface area contributed by atoms with Gasteiger partial charge in [0.1, 0.15) is 0 Å². The minimum absolute atomic E-state index is 0.0223. The van der Waals surface area contributed by atoms with Gasteiger partial charge in [0.15, 0.2) is 0 Å². The number of nitrogens with one attached hydrogen (secondary N) is 1. The summed E-state index contributed by atoms with van der Waals surface area (Å²) in [5, 5.41) is 0. The van der Waals surface area contributed by atoms with Crippen molar-refractivity contribution < 1.29 is 13.2 Å². The normalized spacial score (nSPS) is 27.4. The maximum Gasteiger partial charge on any atom is 0.264 e. The van der Waals surface area contributed by atoms with Gasteiger partial charge < -0.3 is 9.64 Å². The standard InChI is InChI=1S/C33H42N4O3S/c1-22(2)15-26-18-40-29-17-28(30-23(3)9-6-10-24(30)4)34-31(35-29)36-41(38,39)27-12-7-11-25(16-27)33(26)19-32(20-33)13-8-14-37(5)21-32/h6-7,9-12,16-17,22,26H,8,13-15,18-21H2,1-5H3,(H,34,35,36)/t26-,32?,33?/m1/s1. The Morgan fingerprint density at radius 3 is 2.51 bits per heavy atom. The van der Waals surface area contributed by atoms with Crippen molar-refractivity contribution in [1.29, 1.82) is 0 Å². The first-order valence-corrected chi connectivity index (χ1v) is 16.4. The minimum Gasteiger partial charge on any atom is -0.477 e. The monoisotopic (exact) mass is 574 g/mol. The van der Waals surface area contributed by atoms with E-state index in [1.165, 1.54) is 12.8 Å². The number of piperidine rings is 1. The van der Waals surface area contributed by atoms with Crippen LogP contribution in [0.5, 0.6) is 5.88 Å². The number of fused-ring (bicyclic) bond motifs is 5. The second kappa shape index (κ2) is 10.4. The number of rotatable bonds is 3. The Kier molecular flexibility index (Phi) is 7.13. The largest absolute Gasteiger partial charge is 0.477 e. The molecule has 41 heavy (non-hydrogen) atoms. The predicted octanol–water partition coefficient (Wildman–Crippen LogP) is 6.36. The zero-order chi connectivity index (χ0) is 29.0. The minimum atomic E-state index is -3.92. The third-order valence-corrected chi connectivity index (χ3v) is 10.9. The predicted molar refractivity (Wildman–Crippen MR) is 163 cm³/mol. The number of aromatic nitrogens is 2. The Balaban J connectivity index is 1.48. The molecule has 0 radical (unpaired) electrons. The highest BCUT2D eigenvalue weighted by molar-refractivity contribution is 7.92. The lowest BCUT2D eigenvalue weighted by Gasteiger charge is -2.62. The number of benzene rings is 2. The van der Waals surface area contributed by atoms with Crippen LogP contribution in [-0.2, 0) is 15.4 Å². The molecule has 1 N–H and O–H groups in total. The molecule has 1 aromatic heterocycles. The summed E-state index contributed by atoms with van der Waals surface area (Å²) in [6, 6.07) is 15.5. The second-order valence-corrected chi connectivity index (χ2v) is 15.0. The number of hydrogen-bond acceptors (Lipinski definition) is 6. The van der Waals surface area contributed by atoms with Gasteiger partial charge >= 0.3 is 0 Å². The van der Waals surface area contributed by atoms with E-state index in [4.69, 9.17) is 4.74 Å². The smallest absolute Gasteiger partial charge is 0.264 e. The fraction of sp³-hybridized carbons (Fsp3) is 0.515. The first kappa shape index (κ1) is 28.2. The summed E-state index contributed by atoms with van der Waals surface area (Å²) in [6.07, 6.45) is 5.52. The lowest BCUT2D eigenvalue weighted by Crippen LogP contribution is -2.60. The molecule has 3 aromatic rings. The molecule has 2 aromatic carbocycles.